The normalized spacial score (nSPS) is 16.4. The summed E-state index contributed by atoms with van der Waals surface area (Å²) >= 11 is 0. The van der Waals surface area contributed by atoms with Crippen LogP contribution < -0.4 is 120 Å². The number of rotatable bonds is 66. The highest BCUT2D eigenvalue weighted by Gasteiger charge is 2.46. The summed E-state index contributed by atoms with van der Waals surface area (Å²) in [5, 5.41) is 57.1. The van der Waals surface area contributed by atoms with Crippen molar-refractivity contribution >= 4 is 135 Å². The molecular formula is C97H147N29O23. The van der Waals surface area contributed by atoms with E-state index in [1.807, 2.05) is 5.32 Å². The number of aromatic nitrogens is 5. The van der Waals surface area contributed by atoms with E-state index >= 15 is 24.0 Å². The van der Waals surface area contributed by atoms with Gasteiger partial charge < -0.3 is 155 Å². The maximum Gasteiger partial charge on any atom is 0.326 e. The number of aromatic amines is 3. The molecule has 0 radical (unpaired) electrons. The number of unbranched alkanes of at least 4 members (excludes halogenated alkanes) is 3. The topological polar surface area (TPSA) is 855 Å². The number of hydrogen-bond donors (Lipinski definition) is 27. The number of benzene rings is 2. The van der Waals surface area contributed by atoms with E-state index in [2.05, 4.69) is 94.0 Å². The third kappa shape index (κ3) is 39.0. The third-order valence-electron chi connectivity index (χ3n) is 25.3. The molecule has 818 valence electrons. The second-order valence-electron chi connectivity index (χ2n) is 38.4. The van der Waals surface area contributed by atoms with Crippen LogP contribution >= 0.6 is 0 Å². The smallest absolute Gasteiger partial charge is 0.326 e. The summed E-state index contributed by atoms with van der Waals surface area (Å²) in [6, 6.07) is -10.1. The highest BCUT2D eigenvalue weighted by molar-refractivity contribution is 6.03. The fourth-order valence-corrected chi connectivity index (χ4v) is 17.2. The monoisotopic (exact) mass is 2090 g/mol. The summed E-state index contributed by atoms with van der Waals surface area (Å²) in [6.45, 7) is 9.41. The van der Waals surface area contributed by atoms with Gasteiger partial charge in [0.25, 0.3) is 0 Å². The lowest BCUT2D eigenvalue weighted by Crippen LogP contribution is -2.62. The number of aliphatic carboxylic acids is 1. The van der Waals surface area contributed by atoms with E-state index in [9.17, 15) is 86.9 Å². The highest BCUT2D eigenvalue weighted by atomic mass is 16.4. The first-order valence-corrected chi connectivity index (χ1v) is 50.1. The summed E-state index contributed by atoms with van der Waals surface area (Å²) in [5.74, 6) is -22.9. The Morgan fingerprint density at radius 1 is 0.389 bits per heavy atom. The minimum absolute atomic E-state index is 0.00441. The first kappa shape index (κ1) is 121. The number of carbonyl (C=O) groups is 21. The number of carboxylic acids is 1. The predicted octanol–water partition coefficient (Wildman–Crippen LogP) is -6.91. The van der Waals surface area contributed by atoms with Crippen LogP contribution in [0.3, 0.4) is 0 Å². The van der Waals surface area contributed by atoms with Gasteiger partial charge in [-0.15, -0.1) is 0 Å². The molecule has 17 atom stereocenters. The van der Waals surface area contributed by atoms with Gasteiger partial charge in [0.15, 0.2) is 0 Å². The SMILES string of the molecule is CC(C)C[C@H](NC(=O)[C@@H](NC(=O)[C@@H]1CCCN1C(=O)[C@H](CCCCN)NC(=O)[C@H](CCCCN)NC(=O)[C@H](Cc1c[nH]c2ccccc12)NC(=O)[C@H](Cc1cnc[nH]1)NC(=O)[C@@H](NC(=O)[C@H](Cc1ccccc1)NC(=O)[C@H](CCCCN)NC(=O)[C@@H](N)Cc1cnc[nH]1)C(C)C)C(C)C)C(=O)N1CCC[C@H]1C(=O)N[C@@H](CO)C(=O)N[C@@H](CCC(N)=O)C(=O)N[C@@H](CC(N)=O)C(=O)N[C@@H](CC(N)=O)C(=O)N[C@@H](CCC(N)=O)C(=O)O. The van der Waals surface area contributed by atoms with Crippen molar-refractivity contribution in [2.75, 3.05) is 39.3 Å². The highest BCUT2D eigenvalue weighted by Crippen LogP contribution is 2.26. The van der Waals surface area contributed by atoms with Crippen molar-refractivity contribution in [2.45, 2.75) is 298 Å². The number of hydrogen-bond acceptors (Lipinski definition) is 28. The summed E-state index contributed by atoms with van der Waals surface area (Å²) in [6.07, 6.45) is 5.20. The summed E-state index contributed by atoms with van der Waals surface area (Å²) < 4.78 is 0. The Kier molecular flexibility index (Phi) is 49.5. The quantitative estimate of drug-likeness (QED) is 0.0161. The number of carbonyl (C=O) groups excluding carboxylic acids is 20. The van der Waals surface area contributed by atoms with Gasteiger partial charge in [-0.05, 0) is 157 Å². The van der Waals surface area contributed by atoms with Crippen LogP contribution in [0, 0.1) is 17.8 Å². The summed E-state index contributed by atoms with van der Waals surface area (Å²) in [4.78, 5) is 313. The van der Waals surface area contributed by atoms with Gasteiger partial charge in [-0.25, -0.2) is 14.8 Å². The van der Waals surface area contributed by atoms with Crippen molar-refractivity contribution in [1.29, 1.82) is 0 Å². The summed E-state index contributed by atoms with van der Waals surface area (Å²) in [7, 11) is 0. The molecule has 5 aromatic rings. The van der Waals surface area contributed by atoms with Gasteiger partial charge in [0, 0.05) is 92.5 Å². The third-order valence-corrected chi connectivity index (χ3v) is 25.3. The van der Waals surface area contributed by atoms with Crippen LogP contribution in [0.25, 0.3) is 10.9 Å². The zero-order valence-electron chi connectivity index (χ0n) is 84.7. The van der Waals surface area contributed by atoms with Gasteiger partial charge in [0.1, 0.15) is 96.7 Å². The fraction of sp³-hybridized carbons (Fsp3) is 0.577. The van der Waals surface area contributed by atoms with E-state index in [1.54, 1.807) is 102 Å². The number of aliphatic hydroxyl groups is 1. The Hall–Kier alpha value is -14.9. The molecule has 0 saturated carbocycles. The van der Waals surface area contributed by atoms with Crippen LogP contribution in [0.15, 0.2) is 85.8 Å². The second kappa shape index (κ2) is 61.0. The maximum absolute atomic E-state index is 15.5. The Labute approximate surface area is 860 Å². The fourth-order valence-electron chi connectivity index (χ4n) is 17.2. The van der Waals surface area contributed by atoms with Crippen molar-refractivity contribution in [1.82, 2.24) is 109 Å². The second-order valence-corrected chi connectivity index (χ2v) is 38.4. The molecule has 2 aliphatic heterocycles. The van der Waals surface area contributed by atoms with Gasteiger partial charge in [0.2, 0.25) is 118 Å². The first-order valence-electron chi connectivity index (χ1n) is 50.1. The average Bonchev–Trinajstić information content (AvgIpc) is 1.73. The van der Waals surface area contributed by atoms with E-state index in [4.69, 9.17) is 45.9 Å². The van der Waals surface area contributed by atoms with Gasteiger partial charge in [0.05, 0.1) is 38.1 Å². The van der Waals surface area contributed by atoms with Crippen LogP contribution in [-0.4, -0.2) is 311 Å². The van der Waals surface area contributed by atoms with Gasteiger partial charge >= 0.3 is 5.97 Å². The lowest BCUT2D eigenvalue weighted by molar-refractivity contribution is -0.144. The molecule has 52 nitrogen and oxygen atoms in total. The number of likely N-dealkylation sites (tertiary alicyclic amines) is 2. The molecule has 2 aliphatic rings. The molecule has 0 unspecified atom stereocenters. The van der Waals surface area contributed by atoms with Gasteiger partial charge in [-0.1, -0.05) is 90.1 Å². The van der Waals surface area contributed by atoms with E-state index < -0.39 is 284 Å². The van der Waals surface area contributed by atoms with Crippen LogP contribution in [0.4, 0.5) is 0 Å². The number of aliphatic hydroxyl groups excluding tert-OH is 1. The number of imidazole rings is 2. The van der Waals surface area contributed by atoms with E-state index in [1.165, 1.54) is 29.9 Å². The average molecular weight is 2090 g/mol. The molecular weight excluding hydrogens is 1940 g/mol. The molecule has 3 aromatic heterocycles. The molecule has 2 fully saturated rings. The molecule has 52 heteroatoms. The van der Waals surface area contributed by atoms with Crippen LogP contribution in [0.1, 0.15) is 192 Å². The predicted molar refractivity (Wildman–Crippen MR) is 538 cm³/mol. The van der Waals surface area contributed by atoms with Crippen LogP contribution in [-0.2, 0) is 126 Å². The molecule has 20 amide bonds. The van der Waals surface area contributed by atoms with Crippen molar-refractivity contribution < 1.29 is 111 Å². The van der Waals surface area contributed by atoms with Crippen molar-refractivity contribution in [3.8, 4) is 0 Å². The largest absolute Gasteiger partial charge is 0.480 e. The molecule has 0 spiro atoms. The number of amides is 20. The Balaban J connectivity index is 1.07. The van der Waals surface area contributed by atoms with Crippen molar-refractivity contribution in [3.63, 3.8) is 0 Å². The maximum atomic E-state index is 15.5. The number of nitrogens with one attached hydrogen (secondary N) is 17. The van der Waals surface area contributed by atoms with E-state index in [0.29, 0.717) is 59.1 Å². The number of nitrogens with zero attached hydrogens (tertiary/aromatic N) is 4. The number of H-pyrrole nitrogens is 3. The minimum atomic E-state index is -2.05. The lowest BCUT2D eigenvalue weighted by Gasteiger charge is -2.33. The molecule has 7 rings (SSSR count). The molecule has 0 aliphatic carbocycles. The van der Waals surface area contributed by atoms with E-state index in [0.717, 1.165) is 4.90 Å². The van der Waals surface area contributed by atoms with Gasteiger partial charge in [-0.2, -0.15) is 0 Å². The number of primary amides is 4. The number of nitrogens with two attached hydrogens (primary N) is 8. The lowest BCUT2D eigenvalue weighted by atomic mass is 9.98. The molecule has 35 N–H and O–H groups in total. The minimum Gasteiger partial charge on any atom is -0.480 e. The van der Waals surface area contributed by atoms with Crippen molar-refractivity contribution in [2.24, 2.45) is 63.6 Å². The molecule has 2 saturated heterocycles. The molecule has 2 aromatic carbocycles. The van der Waals surface area contributed by atoms with Crippen LogP contribution in [0.2, 0.25) is 0 Å². The van der Waals surface area contributed by atoms with Crippen LogP contribution in [0.5, 0.6) is 0 Å². The van der Waals surface area contributed by atoms with Crippen molar-refractivity contribution in [3.05, 3.63) is 108 Å². The Bertz CT molecular complexity index is 5370. The van der Waals surface area contributed by atoms with Gasteiger partial charge in [-0.3, -0.25) is 95.9 Å². The van der Waals surface area contributed by atoms with E-state index in [-0.39, 0.29) is 129 Å². The standard InChI is InChI=1S/C97H147N29O23/c1-51(2)38-71(96(147)126-37-18-27-73(126)91(142)122-72(48-127)90(141)113-63(29-31-75(102)128)84(135)118-70(44-78(105)131)88(139)119-69(43-77(104)130)87(138)115-65(97(148)149)30-32-76(103)129)121-94(145)80(53(5)6)124-92(143)74-28-19-36-125(74)95(146)64(26-14-17-35-100)114-82(133)62(25-13-16-34-99)112-85(136)67(40-55-45-108-60-23-11-10-22-58(55)60)117-86(137)68(42-57-47-107-50-110-57)120-93(144)79(52(3)4)123-89(140)66(39-54-20-8-7-9-21-54)116-83(134)61(24-12-15-33-98)111-81(132)59(101)41-56-46-106-49-109-56/h7-11,20-23,45-47,49-53,59,61-74,79-80,108,127H,12-19,24-44,48,98-101H2,1-6H3,(H2,102,128)(H2,103,129)(H2,104,130)(H2,105,131)(H,106,109)(H,107,110)(H,111,132)(H,112,136)(H,113,141)(H,114,133)(H,115,138)(H,116,134)(H,117,137)(H,118,135)(H,119,139)(H,120,144)(H,121,145)(H,122,142)(H,123,140)(H,124,143)(H,148,149)/t59-,61-,62-,63-,64-,65-,66-,67-,68-,69-,70-,71-,72-,73-,74-,79-,80-/m0/s1. The molecule has 5 heterocycles. The molecule has 0 bridgehead atoms. The Morgan fingerprint density at radius 3 is 1.24 bits per heavy atom. The first-order chi connectivity index (χ1) is 70.8. The Morgan fingerprint density at radius 2 is 0.772 bits per heavy atom. The zero-order valence-corrected chi connectivity index (χ0v) is 84.7. The summed E-state index contributed by atoms with van der Waals surface area (Å²) in [5.41, 5.74) is 48.1. The number of para-hydroxylation sites is 1. The zero-order chi connectivity index (χ0) is 110. The molecule has 149 heavy (non-hydrogen) atoms. The number of carboxylic acid groups (broad SMARTS) is 1. The number of fused-ring (bicyclic) bond motifs is 1.